The molecule has 1 rings (SSSR count). The SMILES string of the molecule is COCC(O)CNCc1cc(OC)c(O)c(OC)c1. The molecule has 0 bridgehead atoms. The highest BCUT2D eigenvalue weighted by molar-refractivity contribution is 5.52. The second kappa shape index (κ2) is 7.83. The van der Waals surface area contributed by atoms with E-state index in [9.17, 15) is 10.2 Å². The third-order valence-electron chi connectivity index (χ3n) is 2.61. The lowest BCUT2D eigenvalue weighted by atomic mass is 10.1. The van der Waals surface area contributed by atoms with E-state index in [0.29, 0.717) is 24.6 Å². The number of phenols is 1. The van der Waals surface area contributed by atoms with Crippen LogP contribution in [0.4, 0.5) is 0 Å². The Morgan fingerprint density at radius 2 is 1.74 bits per heavy atom. The Labute approximate surface area is 112 Å². The zero-order chi connectivity index (χ0) is 14.3. The van der Waals surface area contributed by atoms with E-state index in [1.54, 1.807) is 19.2 Å². The topological polar surface area (TPSA) is 80.2 Å². The summed E-state index contributed by atoms with van der Waals surface area (Å²) in [5, 5.41) is 22.4. The number of rotatable bonds is 8. The molecule has 0 fully saturated rings. The second-order valence-electron chi connectivity index (χ2n) is 4.09. The summed E-state index contributed by atoms with van der Waals surface area (Å²) in [6.07, 6.45) is -0.550. The summed E-state index contributed by atoms with van der Waals surface area (Å²) < 4.78 is 15.0. The van der Waals surface area contributed by atoms with Gasteiger partial charge in [-0.05, 0) is 17.7 Å². The Bertz CT molecular complexity index is 372. The van der Waals surface area contributed by atoms with Gasteiger partial charge in [0.2, 0.25) is 5.75 Å². The molecule has 1 unspecified atom stereocenters. The Hall–Kier alpha value is -1.50. The highest BCUT2D eigenvalue weighted by atomic mass is 16.5. The number of hydrogen-bond donors (Lipinski definition) is 3. The van der Waals surface area contributed by atoms with Crippen molar-refractivity contribution in [2.45, 2.75) is 12.6 Å². The molecule has 1 aromatic carbocycles. The average molecular weight is 271 g/mol. The number of phenolic OH excluding ortho intramolecular Hbond substituents is 1. The number of aliphatic hydroxyl groups excluding tert-OH is 1. The first-order chi connectivity index (χ1) is 9.12. The van der Waals surface area contributed by atoms with Crippen LogP contribution in [0.1, 0.15) is 5.56 Å². The Balaban J connectivity index is 2.63. The van der Waals surface area contributed by atoms with E-state index in [1.165, 1.54) is 14.2 Å². The fourth-order valence-electron chi connectivity index (χ4n) is 1.68. The predicted octanol–water partition coefficient (Wildman–Crippen LogP) is 0.506. The molecule has 0 spiro atoms. The summed E-state index contributed by atoms with van der Waals surface area (Å²) in [6.45, 7) is 1.22. The van der Waals surface area contributed by atoms with Crippen LogP contribution in [0.15, 0.2) is 12.1 Å². The average Bonchev–Trinajstić information content (AvgIpc) is 2.40. The smallest absolute Gasteiger partial charge is 0.200 e. The van der Waals surface area contributed by atoms with Gasteiger partial charge in [-0.3, -0.25) is 0 Å². The molecule has 6 heteroatoms. The quantitative estimate of drug-likeness (QED) is 0.639. The lowest BCUT2D eigenvalue weighted by Gasteiger charge is -2.13. The Kier molecular flexibility index (Phi) is 6.41. The van der Waals surface area contributed by atoms with Crippen molar-refractivity contribution in [2.75, 3.05) is 34.5 Å². The summed E-state index contributed by atoms with van der Waals surface area (Å²) in [4.78, 5) is 0. The van der Waals surface area contributed by atoms with Gasteiger partial charge in [0.05, 0.1) is 26.9 Å². The maximum absolute atomic E-state index is 9.77. The molecule has 19 heavy (non-hydrogen) atoms. The Morgan fingerprint density at radius 3 is 2.21 bits per heavy atom. The van der Waals surface area contributed by atoms with E-state index in [1.807, 2.05) is 0 Å². The van der Waals surface area contributed by atoms with Crippen LogP contribution in [0.25, 0.3) is 0 Å². The van der Waals surface area contributed by atoms with E-state index in [-0.39, 0.29) is 12.4 Å². The van der Waals surface area contributed by atoms with Crippen molar-refractivity contribution in [1.29, 1.82) is 0 Å². The fraction of sp³-hybridized carbons (Fsp3) is 0.538. The minimum atomic E-state index is -0.550. The number of aliphatic hydroxyl groups is 1. The molecular weight excluding hydrogens is 250 g/mol. The molecule has 3 N–H and O–H groups in total. The number of ether oxygens (including phenoxy) is 3. The summed E-state index contributed by atoms with van der Waals surface area (Å²) in [7, 11) is 4.50. The molecule has 0 saturated heterocycles. The monoisotopic (exact) mass is 271 g/mol. The van der Waals surface area contributed by atoms with Gasteiger partial charge in [-0.25, -0.2) is 0 Å². The largest absolute Gasteiger partial charge is 0.502 e. The van der Waals surface area contributed by atoms with Crippen LogP contribution in [0, 0.1) is 0 Å². The van der Waals surface area contributed by atoms with Crippen molar-refractivity contribution in [1.82, 2.24) is 5.32 Å². The van der Waals surface area contributed by atoms with E-state index in [2.05, 4.69) is 5.32 Å². The number of methoxy groups -OCH3 is 3. The minimum absolute atomic E-state index is 0.0202. The molecule has 0 radical (unpaired) electrons. The molecule has 108 valence electrons. The van der Waals surface area contributed by atoms with Crippen LogP contribution in [0.2, 0.25) is 0 Å². The fourth-order valence-corrected chi connectivity index (χ4v) is 1.68. The first-order valence-corrected chi connectivity index (χ1v) is 5.94. The molecule has 0 saturated carbocycles. The van der Waals surface area contributed by atoms with Gasteiger partial charge in [-0.15, -0.1) is 0 Å². The third-order valence-corrected chi connectivity index (χ3v) is 2.61. The standard InChI is InChI=1S/C13H21NO5/c1-17-8-10(15)7-14-6-9-4-11(18-2)13(16)12(5-9)19-3/h4-5,10,14-16H,6-8H2,1-3H3. The van der Waals surface area contributed by atoms with Crippen molar-refractivity contribution in [3.63, 3.8) is 0 Å². The lowest BCUT2D eigenvalue weighted by molar-refractivity contribution is 0.0644. The van der Waals surface area contributed by atoms with E-state index in [0.717, 1.165) is 5.56 Å². The number of benzene rings is 1. The zero-order valence-corrected chi connectivity index (χ0v) is 11.5. The van der Waals surface area contributed by atoms with Crippen molar-refractivity contribution in [3.05, 3.63) is 17.7 Å². The zero-order valence-electron chi connectivity index (χ0n) is 11.5. The van der Waals surface area contributed by atoms with Crippen LogP contribution in [-0.4, -0.2) is 50.8 Å². The number of hydrogen-bond acceptors (Lipinski definition) is 6. The van der Waals surface area contributed by atoms with Gasteiger partial charge in [0.25, 0.3) is 0 Å². The molecule has 0 aromatic heterocycles. The van der Waals surface area contributed by atoms with Crippen LogP contribution in [0.5, 0.6) is 17.2 Å². The van der Waals surface area contributed by atoms with Gasteiger partial charge in [0.15, 0.2) is 11.5 Å². The summed E-state index contributed by atoms with van der Waals surface area (Å²) in [6, 6.07) is 3.43. The van der Waals surface area contributed by atoms with Gasteiger partial charge in [-0.1, -0.05) is 0 Å². The maximum atomic E-state index is 9.77. The Morgan fingerprint density at radius 1 is 1.16 bits per heavy atom. The van der Waals surface area contributed by atoms with Crippen molar-refractivity contribution < 1.29 is 24.4 Å². The van der Waals surface area contributed by atoms with Crippen LogP contribution in [0.3, 0.4) is 0 Å². The van der Waals surface area contributed by atoms with Gasteiger partial charge in [-0.2, -0.15) is 0 Å². The minimum Gasteiger partial charge on any atom is -0.502 e. The van der Waals surface area contributed by atoms with Gasteiger partial charge >= 0.3 is 0 Å². The highest BCUT2D eigenvalue weighted by Crippen LogP contribution is 2.36. The molecule has 1 aromatic rings. The highest BCUT2D eigenvalue weighted by Gasteiger charge is 2.11. The lowest BCUT2D eigenvalue weighted by Crippen LogP contribution is -2.29. The van der Waals surface area contributed by atoms with Crippen LogP contribution in [-0.2, 0) is 11.3 Å². The van der Waals surface area contributed by atoms with Crippen molar-refractivity contribution >= 4 is 0 Å². The molecule has 0 aliphatic carbocycles. The molecule has 0 aliphatic rings. The number of nitrogens with one attached hydrogen (secondary N) is 1. The normalized spacial score (nSPS) is 12.2. The van der Waals surface area contributed by atoms with Crippen LogP contribution < -0.4 is 14.8 Å². The van der Waals surface area contributed by atoms with Gasteiger partial charge in [0.1, 0.15) is 0 Å². The molecule has 0 amide bonds. The summed E-state index contributed by atoms with van der Waals surface area (Å²) in [5.74, 6) is 0.690. The maximum Gasteiger partial charge on any atom is 0.200 e. The van der Waals surface area contributed by atoms with Crippen molar-refractivity contribution in [2.24, 2.45) is 0 Å². The van der Waals surface area contributed by atoms with Gasteiger partial charge in [0, 0.05) is 20.2 Å². The van der Waals surface area contributed by atoms with E-state index >= 15 is 0 Å². The first-order valence-electron chi connectivity index (χ1n) is 5.94. The van der Waals surface area contributed by atoms with Crippen LogP contribution >= 0.6 is 0 Å². The van der Waals surface area contributed by atoms with E-state index in [4.69, 9.17) is 14.2 Å². The third kappa shape index (κ3) is 4.59. The molecular formula is C13H21NO5. The number of aromatic hydroxyl groups is 1. The predicted molar refractivity (Wildman–Crippen MR) is 70.8 cm³/mol. The molecule has 6 nitrogen and oxygen atoms in total. The van der Waals surface area contributed by atoms with Crippen molar-refractivity contribution in [3.8, 4) is 17.2 Å². The summed E-state index contributed by atoms with van der Waals surface area (Å²) >= 11 is 0. The molecule has 0 aliphatic heterocycles. The van der Waals surface area contributed by atoms with E-state index < -0.39 is 6.10 Å². The molecule has 0 heterocycles. The van der Waals surface area contributed by atoms with Gasteiger partial charge < -0.3 is 29.7 Å². The summed E-state index contributed by atoms with van der Waals surface area (Å²) in [5.41, 5.74) is 0.885. The first kappa shape index (κ1) is 15.6. The molecule has 1 atom stereocenters. The second-order valence-corrected chi connectivity index (χ2v) is 4.09.